The Morgan fingerprint density at radius 1 is 0.750 bits per heavy atom. The van der Waals surface area contributed by atoms with Gasteiger partial charge in [-0.25, -0.2) is 4.98 Å². The Morgan fingerprint density at radius 3 is 2.03 bits per heavy atom. The van der Waals surface area contributed by atoms with E-state index in [1.807, 2.05) is 0 Å². The summed E-state index contributed by atoms with van der Waals surface area (Å²) in [5.74, 6) is 1.42. The molecule has 2 nitrogen and oxygen atoms in total. The first kappa shape index (κ1) is 18.4. The number of benzene rings is 3. The minimum atomic E-state index is 0.712. The van der Waals surface area contributed by atoms with Crippen molar-refractivity contribution in [2.45, 2.75) is 58.3 Å². The van der Waals surface area contributed by atoms with Crippen molar-refractivity contribution >= 4 is 27.3 Å². The van der Waals surface area contributed by atoms with E-state index in [1.165, 1.54) is 75.3 Å². The SMILES string of the molecule is Cc1cc(C2CC2)c(-c2cnc3c4ccccc4c4cc(C)c(C)cc4n23)c(C2CC2)c1. The second-order valence-corrected chi connectivity index (χ2v) is 10.2. The maximum Gasteiger partial charge on any atom is 0.145 e. The van der Waals surface area contributed by atoms with E-state index >= 15 is 0 Å². The number of hydrogen-bond acceptors (Lipinski definition) is 1. The third kappa shape index (κ3) is 2.62. The van der Waals surface area contributed by atoms with Gasteiger partial charge in [-0.05, 0) is 98.1 Å². The topological polar surface area (TPSA) is 17.3 Å². The van der Waals surface area contributed by atoms with E-state index in [4.69, 9.17) is 4.98 Å². The maximum absolute atomic E-state index is 5.05. The summed E-state index contributed by atoms with van der Waals surface area (Å²) in [6.45, 7) is 6.72. The van der Waals surface area contributed by atoms with Gasteiger partial charge in [-0.1, -0.05) is 42.0 Å². The number of hydrogen-bond donors (Lipinski definition) is 0. The third-order valence-corrected chi connectivity index (χ3v) is 7.71. The van der Waals surface area contributed by atoms with Gasteiger partial charge in [0, 0.05) is 16.3 Å². The van der Waals surface area contributed by atoms with Crippen LogP contribution in [0.4, 0.5) is 0 Å². The second kappa shape index (κ2) is 6.45. The van der Waals surface area contributed by atoms with E-state index in [1.54, 1.807) is 11.1 Å². The lowest BCUT2D eigenvalue weighted by Crippen LogP contribution is -2.01. The fraction of sp³-hybridized carbons (Fsp3) is 0.300. The fourth-order valence-corrected chi connectivity index (χ4v) is 5.65. The summed E-state index contributed by atoms with van der Waals surface area (Å²) in [7, 11) is 0. The predicted octanol–water partition coefficient (Wildman–Crippen LogP) is 7.99. The Hall–Kier alpha value is -3.13. The quantitative estimate of drug-likeness (QED) is 0.272. The molecule has 7 rings (SSSR count). The van der Waals surface area contributed by atoms with Gasteiger partial charge in [-0.15, -0.1) is 0 Å². The van der Waals surface area contributed by atoms with Gasteiger partial charge in [0.15, 0.2) is 0 Å². The van der Waals surface area contributed by atoms with Gasteiger partial charge in [0.25, 0.3) is 0 Å². The van der Waals surface area contributed by atoms with Crippen LogP contribution in [0.15, 0.2) is 54.7 Å². The molecule has 2 aliphatic rings. The standard InChI is InChI=1S/C30H28N2/c1-17-12-24(20-8-9-20)29(25(13-17)21-10-11-21)28-16-31-30-23-7-5-4-6-22(23)26-14-18(2)19(3)15-27(26)32(28)30/h4-7,12-16,20-21H,8-11H2,1-3H3. The van der Waals surface area contributed by atoms with Crippen molar-refractivity contribution in [2.75, 3.05) is 0 Å². The van der Waals surface area contributed by atoms with Gasteiger partial charge < -0.3 is 0 Å². The highest BCUT2D eigenvalue weighted by atomic mass is 15.0. The molecule has 0 bridgehead atoms. The zero-order valence-electron chi connectivity index (χ0n) is 19.1. The lowest BCUT2D eigenvalue weighted by Gasteiger charge is -2.18. The Bertz CT molecular complexity index is 1530. The Labute approximate surface area is 188 Å². The Balaban J connectivity index is 1.67. The largest absolute Gasteiger partial charge is 0.292 e. The van der Waals surface area contributed by atoms with Crippen LogP contribution in [0.25, 0.3) is 38.6 Å². The molecule has 2 heteroatoms. The number of nitrogens with zero attached hydrogens (tertiary/aromatic N) is 2. The van der Waals surface area contributed by atoms with Crippen molar-refractivity contribution in [3.05, 3.63) is 82.5 Å². The molecule has 3 aromatic carbocycles. The average Bonchev–Trinajstić information content (AvgIpc) is 3.71. The van der Waals surface area contributed by atoms with Crippen LogP contribution in [0, 0.1) is 20.8 Å². The molecule has 2 heterocycles. The highest BCUT2D eigenvalue weighted by molar-refractivity contribution is 6.12. The van der Waals surface area contributed by atoms with Crippen LogP contribution >= 0.6 is 0 Å². The minimum Gasteiger partial charge on any atom is -0.292 e. The van der Waals surface area contributed by atoms with E-state index in [9.17, 15) is 0 Å². The molecule has 0 saturated heterocycles. The van der Waals surface area contributed by atoms with Gasteiger partial charge in [0.2, 0.25) is 0 Å². The molecule has 0 N–H and O–H groups in total. The number of aromatic nitrogens is 2. The van der Waals surface area contributed by atoms with E-state index in [0.717, 1.165) is 5.65 Å². The lowest BCUT2D eigenvalue weighted by atomic mass is 9.90. The Morgan fingerprint density at radius 2 is 1.38 bits per heavy atom. The molecule has 5 aromatic rings. The van der Waals surface area contributed by atoms with Gasteiger partial charge in [0.1, 0.15) is 5.65 Å². The highest BCUT2D eigenvalue weighted by Gasteiger charge is 2.34. The number of pyridine rings is 1. The zero-order valence-corrected chi connectivity index (χ0v) is 19.1. The molecular formula is C30H28N2. The monoisotopic (exact) mass is 416 g/mol. The first-order valence-electron chi connectivity index (χ1n) is 12.0. The highest BCUT2D eigenvalue weighted by Crippen LogP contribution is 2.52. The van der Waals surface area contributed by atoms with E-state index in [-0.39, 0.29) is 0 Å². The zero-order chi connectivity index (χ0) is 21.6. The molecule has 0 amide bonds. The summed E-state index contributed by atoms with van der Waals surface area (Å²) in [6.07, 6.45) is 7.43. The third-order valence-electron chi connectivity index (χ3n) is 7.71. The van der Waals surface area contributed by atoms with Crippen LogP contribution in [0.3, 0.4) is 0 Å². The van der Waals surface area contributed by atoms with Crippen LogP contribution in [0.1, 0.15) is 65.3 Å². The first-order chi connectivity index (χ1) is 15.6. The van der Waals surface area contributed by atoms with E-state index in [0.29, 0.717) is 11.8 Å². The van der Waals surface area contributed by atoms with Crippen LogP contribution in [0.5, 0.6) is 0 Å². The molecule has 32 heavy (non-hydrogen) atoms. The molecule has 2 fully saturated rings. The van der Waals surface area contributed by atoms with Crippen molar-refractivity contribution in [1.82, 2.24) is 9.38 Å². The molecule has 0 unspecified atom stereocenters. The van der Waals surface area contributed by atoms with E-state index in [2.05, 4.69) is 79.9 Å². The smallest absolute Gasteiger partial charge is 0.145 e. The molecule has 2 saturated carbocycles. The number of rotatable bonds is 3. The van der Waals surface area contributed by atoms with Crippen molar-refractivity contribution in [3.8, 4) is 11.3 Å². The molecular weight excluding hydrogens is 388 g/mol. The first-order valence-corrected chi connectivity index (χ1v) is 12.0. The number of aryl methyl sites for hydroxylation is 3. The average molecular weight is 417 g/mol. The number of fused-ring (bicyclic) bond motifs is 6. The van der Waals surface area contributed by atoms with E-state index < -0.39 is 0 Å². The summed E-state index contributed by atoms with van der Waals surface area (Å²) in [5.41, 5.74) is 12.3. The maximum atomic E-state index is 5.05. The van der Waals surface area contributed by atoms with Gasteiger partial charge in [-0.2, -0.15) is 0 Å². The van der Waals surface area contributed by atoms with Gasteiger partial charge in [-0.3, -0.25) is 4.40 Å². The summed E-state index contributed by atoms with van der Waals surface area (Å²) >= 11 is 0. The van der Waals surface area contributed by atoms with Crippen LogP contribution in [-0.4, -0.2) is 9.38 Å². The summed E-state index contributed by atoms with van der Waals surface area (Å²) in [4.78, 5) is 5.05. The van der Waals surface area contributed by atoms with Crippen molar-refractivity contribution in [2.24, 2.45) is 0 Å². The van der Waals surface area contributed by atoms with Crippen LogP contribution in [0.2, 0.25) is 0 Å². The normalized spacial score (nSPS) is 16.5. The summed E-state index contributed by atoms with van der Waals surface area (Å²) in [6, 6.07) is 18.4. The number of imidazole rings is 1. The van der Waals surface area contributed by atoms with Crippen molar-refractivity contribution in [3.63, 3.8) is 0 Å². The molecule has 0 spiro atoms. The predicted molar refractivity (Wildman–Crippen MR) is 134 cm³/mol. The molecule has 0 radical (unpaired) electrons. The van der Waals surface area contributed by atoms with Crippen LogP contribution in [-0.2, 0) is 0 Å². The molecule has 0 atom stereocenters. The molecule has 2 aromatic heterocycles. The second-order valence-electron chi connectivity index (χ2n) is 10.2. The van der Waals surface area contributed by atoms with Crippen molar-refractivity contribution in [1.29, 1.82) is 0 Å². The van der Waals surface area contributed by atoms with Gasteiger partial charge in [0.05, 0.1) is 17.4 Å². The van der Waals surface area contributed by atoms with Gasteiger partial charge >= 0.3 is 0 Å². The lowest BCUT2D eigenvalue weighted by molar-refractivity contribution is 1.06. The van der Waals surface area contributed by atoms with Crippen molar-refractivity contribution < 1.29 is 0 Å². The molecule has 2 aliphatic carbocycles. The molecule has 158 valence electrons. The molecule has 0 aliphatic heterocycles. The minimum absolute atomic E-state index is 0.712. The summed E-state index contributed by atoms with van der Waals surface area (Å²) in [5, 5.41) is 3.86. The Kier molecular flexibility index (Phi) is 3.72. The summed E-state index contributed by atoms with van der Waals surface area (Å²) < 4.78 is 2.46. The fourth-order valence-electron chi connectivity index (χ4n) is 5.65. The van der Waals surface area contributed by atoms with Crippen LogP contribution < -0.4 is 0 Å².